The van der Waals surface area contributed by atoms with Gasteiger partial charge in [-0.05, 0) is 25.0 Å². The number of Topliss-reactive ketones (excluding diaryl/α,β-unsaturated/α-hetero) is 1. The van der Waals surface area contributed by atoms with Crippen LogP contribution in [0.25, 0.3) is 0 Å². The first kappa shape index (κ1) is 14.9. The molecule has 19 heavy (non-hydrogen) atoms. The van der Waals surface area contributed by atoms with Gasteiger partial charge in [-0.1, -0.05) is 12.1 Å². The Hall–Kier alpha value is -2.17. The third-order valence-electron chi connectivity index (χ3n) is 2.67. The maximum atomic E-state index is 12.0. The van der Waals surface area contributed by atoms with Crippen LogP contribution in [-0.2, 0) is 9.59 Å². The molecule has 0 aliphatic carbocycles. The molecule has 102 valence electrons. The van der Waals surface area contributed by atoms with Crippen LogP contribution in [0, 0.1) is 6.92 Å². The minimum absolute atomic E-state index is 0.0347. The molecule has 1 amide bonds. The Morgan fingerprint density at radius 1 is 1.21 bits per heavy atom. The molecule has 0 heterocycles. The number of carbonyl (C=O) groups is 3. The molecule has 5 nitrogen and oxygen atoms in total. The summed E-state index contributed by atoms with van der Waals surface area (Å²) in [5, 5.41) is 11.2. The summed E-state index contributed by atoms with van der Waals surface area (Å²) in [5.74, 6) is -1.32. The van der Waals surface area contributed by atoms with Gasteiger partial charge in [-0.15, -0.1) is 0 Å². The molecule has 0 saturated heterocycles. The summed E-state index contributed by atoms with van der Waals surface area (Å²) in [6, 6.07) is 5.19. The van der Waals surface area contributed by atoms with Gasteiger partial charge in [0.15, 0.2) is 5.78 Å². The van der Waals surface area contributed by atoms with Crippen molar-refractivity contribution in [2.45, 2.75) is 33.1 Å². The second kappa shape index (κ2) is 6.68. The van der Waals surface area contributed by atoms with E-state index in [9.17, 15) is 14.4 Å². The third-order valence-corrected chi connectivity index (χ3v) is 2.67. The molecule has 0 atom stereocenters. The van der Waals surface area contributed by atoms with E-state index < -0.39 is 5.97 Å². The molecule has 2 N–H and O–H groups in total. The highest BCUT2D eigenvalue weighted by atomic mass is 16.4. The van der Waals surface area contributed by atoms with E-state index in [-0.39, 0.29) is 24.5 Å². The third kappa shape index (κ3) is 4.54. The van der Waals surface area contributed by atoms with Crippen LogP contribution >= 0.6 is 0 Å². The van der Waals surface area contributed by atoms with Crippen LogP contribution in [0.15, 0.2) is 18.2 Å². The van der Waals surface area contributed by atoms with E-state index in [1.165, 1.54) is 6.92 Å². The van der Waals surface area contributed by atoms with E-state index in [2.05, 4.69) is 5.32 Å². The molecule has 0 saturated carbocycles. The lowest BCUT2D eigenvalue weighted by Crippen LogP contribution is -2.12. The molecule has 0 unspecified atom stereocenters. The van der Waals surface area contributed by atoms with Gasteiger partial charge in [0, 0.05) is 25.3 Å². The van der Waals surface area contributed by atoms with Crippen LogP contribution in [0.5, 0.6) is 0 Å². The summed E-state index contributed by atoms with van der Waals surface area (Å²) in [7, 11) is 0. The predicted molar refractivity (Wildman–Crippen MR) is 71.3 cm³/mol. The summed E-state index contributed by atoms with van der Waals surface area (Å²) < 4.78 is 0. The van der Waals surface area contributed by atoms with Gasteiger partial charge in [-0.2, -0.15) is 0 Å². The number of benzene rings is 1. The van der Waals surface area contributed by atoms with E-state index in [4.69, 9.17) is 5.11 Å². The van der Waals surface area contributed by atoms with Crippen molar-refractivity contribution in [3.63, 3.8) is 0 Å². The van der Waals surface area contributed by atoms with Gasteiger partial charge in [0.2, 0.25) is 5.91 Å². The average molecular weight is 263 g/mol. The number of para-hydroxylation sites is 1. The Kier molecular flexibility index (Phi) is 5.23. The van der Waals surface area contributed by atoms with Crippen molar-refractivity contribution >= 4 is 23.3 Å². The number of anilines is 1. The highest BCUT2D eigenvalue weighted by Crippen LogP contribution is 2.22. The predicted octanol–water partition coefficient (Wildman–Crippen LogP) is 2.39. The fourth-order valence-corrected chi connectivity index (χ4v) is 1.78. The van der Waals surface area contributed by atoms with Gasteiger partial charge in [0.1, 0.15) is 0 Å². The van der Waals surface area contributed by atoms with Gasteiger partial charge in [0.25, 0.3) is 0 Å². The number of carboxylic acid groups (broad SMARTS) is 1. The molecular formula is C14H17NO4. The van der Waals surface area contributed by atoms with Crippen molar-refractivity contribution in [1.29, 1.82) is 0 Å². The van der Waals surface area contributed by atoms with E-state index >= 15 is 0 Å². The van der Waals surface area contributed by atoms with Crippen molar-refractivity contribution in [2.75, 3.05) is 5.32 Å². The summed E-state index contributed by atoms with van der Waals surface area (Å²) in [5.41, 5.74) is 1.75. The Morgan fingerprint density at radius 3 is 2.47 bits per heavy atom. The highest BCUT2D eigenvalue weighted by molar-refractivity contribution is 6.05. The summed E-state index contributed by atoms with van der Waals surface area (Å²) in [4.78, 5) is 33.6. The van der Waals surface area contributed by atoms with E-state index in [1.54, 1.807) is 25.1 Å². The maximum Gasteiger partial charge on any atom is 0.303 e. The lowest BCUT2D eigenvalue weighted by atomic mass is 10.0. The maximum absolute atomic E-state index is 12.0. The van der Waals surface area contributed by atoms with Crippen LogP contribution in [0.3, 0.4) is 0 Å². The molecule has 0 bridgehead atoms. The molecule has 5 heteroatoms. The largest absolute Gasteiger partial charge is 0.481 e. The summed E-state index contributed by atoms with van der Waals surface area (Å²) >= 11 is 0. The minimum Gasteiger partial charge on any atom is -0.481 e. The number of aryl methyl sites for hydroxylation is 1. The first-order valence-corrected chi connectivity index (χ1v) is 6.04. The first-order chi connectivity index (χ1) is 8.91. The number of hydrogen-bond acceptors (Lipinski definition) is 3. The van der Waals surface area contributed by atoms with Crippen LogP contribution in [0.2, 0.25) is 0 Å². The Morgan fingerprint density at radius 2 is 1.89 bits per heavy atom. The number of hydrogen-bond donors (Lipinski definition) is 2. The van der Waals surface area contributed by atoms with Crippen LogP contribution < -0.4 is 5.32 Å². The van der Waals surface area contributed by atoms with E-state index in [1.807, 2.05) is 0 Å². The fourth-order valence-electron chi connectivity index (χ4n) is 1.78. The number of carboxylic acids is 1. The van der Waals surface area contributed by atoms with Gasteiger partial charge in [-0.25, -0.2) is 0 Å². The number of rotatable bonds is 6. The zero-order chi connectivity index (χ0) is 14.4. The average Bonchev–Trinajstić information content (AvgIpc) is 2.30. The van der Waals surface area contributed by atoms with Gasteiger partial charge < -0.3 is 10.4 Å². The SMILES string of the molecule is CC(=O)Nc1c(C)cccc1C(=O)CCCC(=O)O. The standard InChI is InChI=1S/C14H17NO4/c1-9-5-3-6-11(14(9)15-10(2)16)12(17)7-4-8-13(18)19/h3,5-6H,4,7-8H2,1-2H3,(H,15,16)(H,18,19). The fraction of sp³-hybridized carbons (Fsp3) is 0.357. The van der Waals surface area contributed by atoms with Crippen LogP contribution in [0.4, 0.5) is 5.69 Å². The van der Waals surface area contributed by atoms with Crippen molar-refractivity contribution < 1.29 is 19.5 Å². The van der Waals surface area contributed by atoms with Crippen molar-refractivity contribution in [2.24, 2.45) is 0 Å². The molecule has 1 rings (SSSR count). The lowest BCUT2D eigenvalue weighted by molar-refractivity contribution is -0.137. The smallest absolute Gasteiger partial charge is 0.303 e. The lowest BCUT2D eigenvalue weighted by Gasteiger charge is -2.11. The highest BCUT2D eigenvalue weighted by Gasteiger charge is 2.14. The molecular weight excluding hydrogens is 246 g/mol. The molecule has 0 fully saturated rings. The quantitative estimate of drug-likeness (QED) is 0.772. The second-order valence-electron chi connectivity index (χ2n) is 4.35. The number of carbonyl (C=O) groups excluding carboxylic acids is 2. The summed E-state index contributed by atoms with van der Waals surface area (Å²) in [6.45, 7) is 3.18. The minimum atomic E-state index is -0.917. The second-order valence-corrected chi connectivity index (χ2v) is 4.35. The molecule has 0 aromatic heterocycles. The van der Waals surface area contributed by atoms with Gasteiger partial charge >= 0.3 is 5.97 Å². The molecule has 1 aromatic rings. The topological polar surface area (TPSA) is 83.5 Å². The number of aliphatic carboxylic acids is 1. The van der Waals surface area contributed by atoms with Crippen molar-refractivity contribution in [3.8, 4) is 0 Å². The van der Waals surface area contributed by atoms with Crippen molar-refractivity contribution in [3.05, 3.63) is 29.3 Å². The molecule has 0 spiro atoms. The van der Waals surface area contributed by atoms with E-state index in [0.29, 0.717) is 17.7 Å². The first-order valence-electron chi connectivity index (χ1n) is 6.04. The monoisotopic (exact) mass is 263 g/mol. The van der Waals surface area contributed by atoms with E-state index in [0.717, 1.165) is 5.56 Å². The molecule has 1 aromatic carbocycles. The molecule has 0 aliphatic heterocycles. The number of amides is 1. The van der Waals surface area contributed by atoms with Crippen LogP contribution in [0.1, 0.15) is 42.1 Å². The Labute approximate surface area is 111 Å². The molecule has 0 aliphatic rings. The van der Waals surface area contributed by atoms with Crippen LogP contribution in [-0.4, -0.2) is 22.8 Å². The Balaban J connectivity index is 2.86. The normalized spacial score (nSPS) is 10.0. The zero-order valence-electron chi connectivity index (χ0n) is 11.0. The van der Waals surface area contributed by atoms with Crippen molar-refractivity contribution in [1.82, 2.24) is 0 Å². The van der Waals surface area contributed by atoms with Gasteiger partial charge in [0.05, 0.1) is 5.69 Å². The molecule has 0 radical (unpaired) electrons. The Bertz CT molecular complexity index is 508. The summed E-state index contributed by atoms with van der Waals surface area (Å²) in [6.07, 6.45) is 0.414. The number of nitrogens with one attached hydrogen (secondary N) is 1. The van der Waals surface area contributed by atoms with Gasteiger partial charge in [-0.3, -0.25) is 14.4 Å². The zero-order valence-corrected chi connectivity index (χ0v) is 11.0. The number of ketones is 1.